The van der Waals surface area contributed by atoms with E-state index in [0.717, 1.165) is 0 Å². The van der Waals surface area contributed by atoms with Gasteiger partial charge in [0.05, 0.1) is 6.04 Å². The van der Waals surface area contributed by atoms with E-state index in [1.807, 2.05) is 6.92 Å². The van der Waals surface area contributed by atoms with Crippen molar-refractivity contribution in [3.05, 3.63) is 0 Å². The molecule has 0 aliphatic rings. The molecule has 0 aromatic heterocycles. The minimum Gasteiger partial charge on any atom is -0.480 e. The first-order chi connectivity index (χ1) is 10.7. The Kier molecular flexibility index (Phi) is 10.3. The summed E-state index contributed by atoms with van der Waals surface area (Å²) in [5.41, 5.74) is 5.68. The molecule has 0 aliphatic heterocycles. The fraction of sp³-hybridized carbons (Fsp3) is 0.769. The molecule has 0 bridgehead atoms. The quantitative estimate of drug-likeness (QED) is 0.320. The Hall–Kier alpha value is -1.57. The second kappa shape index (κ2) is 11.0. The molecule has 0 fully saturated rings. The van der Waals surface area contributed by atoms with Crippen LogP contribution in [0.25, 0.3) is 0 Å². The largest absolute Gasteiger partial charge is 0.508 e. The van der Waals surface area contributed by atoms with E-state index >= 15 is 0 Å². The maximum absolute atomic E-state index is 12.1. The molecule has 0 aliphatic carbocycles. The maximum atomic E-state index is 12.1. The molecule has 9 nitrogen and oxygen atoms in total. The lowest BCUT2D eigenvalue weighted by Crippen LogP contribution is -2.54. The van der Waals surface area contributed by atoms with Crippen LogP contribution < -0.4 is 16.4 Å². The Morgan fingerprint density at radius 2 is 1.57 bits per heavy atom. The van der Waals surface area contributed by atoms with E-state index in [1.54, 1.807) is 6.92 Å². The van der Waals surface area contributed by atoms with E-state index in [0.29, 0.717) is 25.7 Å². The summed E-state index contributed by atoms with van der Waals surface area (Å²) in [4.78, 5) is 43.9. The zero-order chi connectivity index (χ0) is 18.0. The van der Waals surface area contributed by atoms with Gasteiger partial charge in [-0.25, -0.2) is 4.79 Å². The fourth-order valence-electron chi connectivity index (χ4n) is 1.89. The summed E-state index contributed by atoms with van der Waals surface area (Å²) >= 11 is 0. The zero-order valence-electron chi connectivity index (χ0n) is 13.3. The molecule has 2 unspecified atom stereocenters. The first kappa shape index (κ1) is 21.4. The standard InChI is InChI=1S/C13H24N3O6P/c1-3-5-8(14)11(17)15-9(6-4-2)12(18)16-10(13(19)20)7-23(21)22/h8-10H,3-7,14H2,1-2H3,(H3-,15,16,17,18,19,20,21,22)/p+1/t8-,9-,10?/m0/s1. The van der Waals surface area contributed by atoms with Crippen LogP contribution in [0.4, 0.5) is 0 Å². The van der Waals surface area contributed by atoms with Gasteiger partial charge in [0, 0.05) is 0 Å². The third-order valence-corrected chi connectivity index (χ3v) is 3.78. The number of carboxylic acids is 1. The summed E-state index contributed by atoms with van der Waals surface area (Å²) in [5.74, 6) is -2.62. The van der Waals surface area contributed by atoms with E-state index in [9.17, 15) is 18.9 Å². The van der Waals surface area contributed by atoms with E-state index in [-0.39, 0.29) is 0 Å². The van der Waals surface area contributed by atoms with Gasteiger partial charge < -0.3 is 21.5 Å². The van der Waals surface area contributed by atoms with Gasteiger partial charge in [0.15, 0.2) is 6.04 Å². The topological polar surface area (TPSA) is 159 Å². The van der Waals surface area contributed by atoms with Gasteiger partial charge in [0.25, 0.3) is 0 Å². The Balaban J connectivity index is 4.86. The molecule has 0 aromatic carbocycles. The van der Waals surface area contributed by atoms with Crippen molar-refractivity contribution in [2.24, 2.45) is 5.73 Å². The number of rotatable bonds is 11. The highest BCUT2D eigenvalue weighted by Gasteiger charge is 2.32. The second-order valence-corrected chi connectivity index (χ2v) is 6.25. The smallest absolute Gasteiger partial charge is 0.480 e. The molecule has 0 rings (SSSR count). The van der Waals surface area contributed by atoms with Crippen LogP contribution in [0.3, 0.4) is 0 Å². The highest BCUT2D eigenvalue weighted by atomic mass is 31.1. The van der Waals surface area contributed by atoms with Crippen molar-refractivity contribution in [1.82, 2.24) is 10.6 Å². The summed E-state index contributed by atoms with van der Waals surface area (Å²) in [6.45, 7) is 3.68. The number of carbonyl (C=O) groups is 3. The van der Waals surface area contributed by atoms with Gasteiger partial charge in [-0.2, -0.15) is 4.89 Å². The second-order valence-electron chi connectivity index (χ2n) is 5.18. The predicted molar refractivity (Wildman–Crippen MR) is 84.0 cm³/mol. The number of nitrogens with one attached hydrogen (secondary N) is 2. The minimum absolute atomic E-state index is 0.300. The Morgan fingerprint density at radius 1 is 1.04 bits per heavy atom. The van der Waals surface area contributed by atoms with Gasteiger partial charge in [-0.3, -0.25) is 9.59 Å². The highest BCUT2D eigenvalue weighted by Crippen LogP contribution is 2.14. The minimum atomic E-state index is -2.71. The number of nitrogens with two attached hydrogens (primary N) is 1. The summed E-state index contributed by atoms with van der Waals surface area (Å²) in [6.07, 6.45) is 1.46. The SMILES string of the molecule is CCC[C@H](NC(=O)[C@@H](N)CCC)C(=O)NC(C[P+](=O)O)C(=O)O. The van der Waals surface area contributed by atoms with Gasteiger partial charge in [-0.1, -0.05) is 26.7 Å². The molecule has 10 heteroatoms. The number of hydrogen-bond donors (Lipinski definition) is 5. The Morgan fingerprint density at radius 3 is 2.00 bits per heavy atom. The zero-order valence-corrected chi connectivity index (χ0v) is 14.2. The summed E-state index contributed by atoms with van der Waals surface area (Å²) in [7, 11) is -2.71. The van der Waals surface area contributed by atoms with Gasteiger partial charge in [0.1, 0.15) is 6.04 Å². The number of carboxylic acid groups (broad SMARTS) is 1. The van der Waals surface area contributed by atoms with Crippen molar-refractivity contribution in [2.45, 2.75) is 57.7 Å². The third-order valence-electron chi connectivity index (χ3n) is 3.10. The summed E-state index contributed by atoms with van der Waals surface area (Å²) in [5, 5.41) is 13.6. The van der Waals surface area contributed by atoms with Gasteiger partial charge in [-0.05, 0) is 17.4 Å². The lowest BCUT2D eigenvalue weighted by Gasteiger charge is -2.21. The Bertz CT molecular complexity index is 445. The normalized spacial score (nSPS) is 15.2. The van der Waals surface area contributed by atoms with Crippen LogP contribution in [0.5, 0.6) is 0 Å². The van der Waals surface area contributed by atoms with Crippen LogP contribution in [-0.4, -0.2) is 52.1 Å². The van der Waals surface area contributed by atoms with Crippen LogP contribution in [0.2, 0.25) is 0 Å². The molecule has 4 atom stereocenters. The lowest BCUT2D eigenvalue weighted by atomic mass is 10.1. The summed E-state index contributed by atoms with van der Waals surface area (Å²) < 4.78 is 10.8. The van der Waals surface area contributed by atoms with E-state index in [2.05, 4.69) is 10.6 Å². The average Bonchev–Trinajstić information content (AvgIpc) is 2.45. The van der Waals surface area contributed by atoms with Crippen LogP contribution in [0.15, 0.2) is 0 Å². The molecule has 23 heavy (non-hydrogen) atoms. The number of amides is 2. The van der Waals surface area contributed by atoms with Crippen LogP contribution in [-0.2, 0) is 18.9 Å². The molecule has 0 heterocycles. The van der Waals surface area contributed by atoms with Gasteiger partial charge in [0.2, 0.25) is 18.0 Å². The number of carbonyl (C=O) groups excluding carboxylic acids is 2. The van der Waals surface area contributed by atoms with E-state index in [1.165, 1.54) is 0 Å². The molecular formula is C13H25N3O6P+. The third kappa shape index (κ3) is 8.59. The molecule has 2 amide bonds. The van der Waals surface area contributed by atoms with Crippen molar-refractivity contribution < 1.29 is 28.9 Å². The molecule has 0 aromatic rings. The first-order valence-corrected chi connectivity index (χ1v) is 8.85. The fourth-order valence-corrected chi connectivity index (χ4v) is 2.45. The number of hydrogen-bond acceptors (Lipinski definition) is 5. The van der Waals surface area contributed by atoms with Crippen molar-refractivity contribution in [1.29, 1.82) is 0 Å². The first-order valence-electron chi connectivity index (χ1n) is 7.45. The molecule has 0 saturated heterocycles. The monoisotopic (exact) mass is 350 g/mol. The van der Waals surface area contributed by atoms with Crippen molar-refractivity contribution in [3.8, 4) is 0 Å². The molecule has 0 spiro atoms. The van der Waals surface area contributed by atoms with E-state index < -0.39 is 50.1 Å². The molecular weight excluding hydrogens is 325 g/mol. The van der Waals surface area contributed by atoms with Crippen LogP contribution in [0.1, 0.15) is 39.5 Å². The summed E-state index contributed by atoms with van der Waals surface area (Å²) in [6, 6.07) is -3.17. The molecule has 132 valence electrons. The van der Waals surface area contributed by atoms with Gasteiger partial charge in [-0.15, -0.1) is 0 Å². The Labute approximate surface area is 135 Å². The van der Waals surface area contributed by atoms with Gasteiger partial charge >= 0.3 is 14.0 Å². The van der Waals surface area contributed by atoms with Crippen molar-refractivity contribution >= 4 is 25.8 Å². The predicted octanol–water partition coefficient (Wildman–Crippen LogP) is -0.297. The number of aliphatic carboxylic acids is 1. The molecule has 0 saturated carbocycles. The molecule has 6 N–H and O–H groups in total. The van der Waals surface area contributed by atoms with Crippen LogP contribution in [0, 0.1) is 0 Å². The maximum Gasteiger partial charge on any atom is 0.508 e. The highest BCUT2D eigenvalue weighted by molar-refractivity contribution is 7.38. The van der Waals surface area contributed by atoms with Crippen molar-refractivity contribution in [2.75, 3.05) is 6.16 Å². The lowest BCUT2D eigenvalue weighted by molar-refractivity contribution is -0.141. The molecule has 0 radical (unpaired) electrons. The van der Waals surface area contributed by atoms with Crippen LogP contribution >= 0.6 is 8.03 Å². The van der Waals surface area contributed by atoms with E-state index in [4.69, 9.17) is 15.7 Å². The van der Waals surface area contributed by atoms with Crippen molar-refractivity contribution in [3.63, 3.8) is 0 Å². The average molecular weight is 350 g/mol.